The third-order valence-corrected chi connectivity index (χ3v) is 7.05. The van der Waals surface area contributed by atoms with Crippen LogP contribution in [-0.4, -0.2) is 57.1 Å². The summed E-state index contributed by atoms with van der Waals surface area (Å²) < 4.78 is 31.9. The molecule has 0 bridgehead atoms. The Morgan fingerprint density at radius 1 is 1.03 bits per heavy atom. The number of methoxy groups -OCH3 is 1. The zero-order valence-electron chi connectivity index (χ0n) is 21.7. The van der Waals surface area contributed by atoms with Crippen molar-refractivity contribution in [3.63, 3.8) is 0 Å². The van der Waals surface area contributed by atoms with Gasteiger partial charge in [0.25, 0.3) is 0 Å². The van der Waals surface area contributed by atoms with Crippen LogP contribution in [0.15, 0.2) is 42.5 Å². The Balaban J connectivity index is 2.45. The summed E-state index contributed by atoms with van der Waals surface area (Å²) in [5.41, 5.74) is 3.00. The number of benzene rings is 2. The molecule has 2 rings (SSSR count). The number of anilines is 1. The summed E-state index contributed by atoms with van der Waals surface area (Å²) in [6.45, 7) is 9.00. The molecule has 0 saturated carbocycles. The van der Waals surface area contributed by atoms with E-state index in [0.717, 1.165) is 33.7 Å². The zero-order chi connectivity index (χ0) is 26.3. The molecule has 2 unspecified atom stereocenters. The van der Waals surface area contributed by atoms with Gasteiger partial charge >= 0.3 is 0 Å². The van der Waals surface area contributed by atoms with Gasteiger partial charge in [-0.05, 0) is 57.4 Å². The molecule has 0 spiro atoms. The molecule has 2 aromatic carbocycles. The van der Waals surface area contributed by atoms with Gasteiger partial charge in [0.1, 0.15) is 18.3 Å². The van der Waals surface area contributed by atoms with Crippen molar-refractivity contribution in [3.05, 3.63) is 59.2 Å². The number of carbonyl (C=O) groups is 2. The predicted octanol–water partition coefficient (Wildman–Crippen LogP) is 3.41. The first-order chi connectivity index (χ1) is 16.4. The summed E-state index contributed by atoms with van der Waals surface area (Å²) in [4.78, 5) is 28.0. The molecule has 0 heterocycles. The molecule has 0 saturated heterocycles. The highest BCUT2D eigenvalue weighted by molar-refractivity contribution is 7.92. The first-order valence-corrected chi connectivity index (χ1v) is 13.5. The maximum absolute atomic E-state index is 13.6. The van der Waals surface area contributed by atoms with E-state index < -0.39 is 28.5 Å². The number of aryl methyl sites for hydroxylation is 2. The van der Waals surface area contributed by atoms with E-state index in [1.807, 2.05) is 52.0 Å². The van der Waals surface area contributed by atoms with Crippen LogP contribution in [0, 0.1) is 13.8 Å². The van der Waals surface area contributed by atoms with E-state index in [-0.39, 0.29) is 24.2 Å². The van der Waals surface area contributed by atoms with Crippen LogP contribution in [0.1, 0.15) is 43.9 Å². The Bertz CT molecular complexity index is 1130. The Hall–Kier alpha value is -3.07. The maximum Gasteiger partial charge on any atom is 0.244 e. The SMILES string of the molecule is CCC(C)NC(=O)C(C)N(Cc1ccc(C)cc1)C(=O)CN(c1cc(C)ccc1OC)S(C)(=O)=O. The highest BCUT2D eigenvalue weighted by atomic mass is 32.2. The Labute approximate surface area is 209 Å². The van der Waals surface area contributed by atoms with Crippen LogP contribution in [0.2, 0.25) is 0 Å². The number of nitrogens with one attached hydrogen (secondary N) is 1. The van der Waals surface area contributed by atoms with Crippen molar-refractivity contribution in [2.45, 2.75) is 59.7 Å². The fourth-order valence-corrected chi connectivity index (χ4v) is 4.37. The van der Waals surface area contributed by atoms with E-state index in [0.29, 0.717) is 5.75 Å². The quantitative estimate of drug-likeness (QED) is 0.507. The van der Waals surface area contributed by atoms with Crippen LogP contribution in [0.3, 0.4) is 0 Å². The van der Waals surface area contributed by atoms with E-state index in [2.05, 4.69) is 5.32 Å². The Morgan fingerprint density at radius 3 is 2.17 bits per heavy atom. The van der Waals surface area contributed by atoms with Crippen molar-refractivity contribution < 1.29 is 22.7 Å². The van der Waals surface area contributed by atoms with Crippen LogP contribution in [0.25, 0.3) is 0 Å². The average molecular weight is 504 g/mol. The third kappa shape index (κ3) is 7.71. The van der Waals surface area contributed by atoms with Gasteiger partial charge in [0.15, 0.2) is 0 Å². The number of hydrogen-bond donors (Lipinski definition) is 1. The third-order valence-electron chi connectivity index (χ3n) is 5.92. The van der Waals surface area contributed by atoms with Crippen LogP contribution in [0.5, 0.6) is 5.75 Å². The number of sulfonamides is 1. The molecule has 2 amide bonds. The molecule has 8 nitrogen and oxygen atoms in total. The molecule has 1 N–H and O–H groups in total. The van der Waals surface area contributed by atoms with Gasteiger partial charge in [-0.3, -0.25) is 13.9 Å². The van der Waals surface area contributed by atoms with Crippen LogP contribution in [-0.2, 0) is 26.2 Å². The minimum absolute atomic E-state index is 0.0506. The standard InChI is InChI=1S/C26H37N3O5S/c1-8-20(4)27-26(31)21(5)28(16-22-12-9-18(2)10-13-22)25(30)17-29(35(7,32)33)23-15-19(3)11-14-24(23)34-6/h9-15,20-21H,8,16-17H2,1-7H3,(H,27,31). The number of rotatable bonds is 11. The zero-order valence-corrected chi connectivity index (χ0v) is 22.5. The summed E-state index contributed by atoms with van der Waals surface area (Å²) in [6, 6.07) is 11.9. The van der Waals surface area contributed by atoms with Gasteiger partial charge in [0.05, 0.1) is 19.1 Å². The fourth-order valence-electron chi connectivity index (χ4n) is 3.53. The van der Waals surface area contributed by atoms with Crippen LogP contribution >= 0.6 is 0 Å². The smallest absolute Gasteiger partial charge is 0.244 e. The van der Waals surface area contributed by atoms with E-state index in [1.165, 1.54) is 12.0 Å². The van der Waals surface area contributed by atoms with Crippen molar-refractivity contribution in [2.75, 3.05) is 24.2 Å². The molecule has 2 atom stereocenters. The van der Waals surface area contributed by atoms with Crippen LogP contribution in [0.4, 0.5) is 5.69 Å². The van der Waals surface area contributed by atoms with Crippen molar-refractivity contribution in [2.24, 2.45) is 0 Å². The van der Waals surface area contributed by atoms with Crippen LogP contribution < -0.4 is 14.4 Å². The normalized spacial score (nSPS) is 13.0. The highest BCUT2D eigenvalue weighted by Crippen LogP contribution is 2.31. The molecule has 0 aliphatic carbocycles. The van der Waals surface area contributed by atoms with Crippen molar-refractivity contribution >= 4 is 27.5 Å². The lowest BCUT2D eigenvalue weighted by molar-refractivity contribution is -0.139. The van der Waals surface area contributed by atoms with E-state index in [4.69, 9.17) is 4.74 Å². The second-order valence-electron chi connectivity index (χ2n) is 8.95. The molecular formula is C26H37N3O5S. The van der Waals surface area contributed by atoms with Gasteiger partial charge in [0.2, 0.25) is 21.8 Å². The minimum atomic E-state index is -3.84. The summed E-state index contributed by atoms with van der Waals surface area (Å²) >= 11 is 0. The Morgan fingerprint density at radius 2 is 1.63 bits per heavy atom. The fraction of sp³-hybridized carbons (Fsp3) is 0.462. The van der Waals surface area contributed by atoms with E-state index >= 15 is 0 Å². The lowest BCUT2D eigenvalue weighted by atomic mass is 10.1. The van der Waals surface area contributed by atoms with Gasteiger partial charge in [-0.25, -0.2) is 8.42 Å². The van der Waals surface area contributed by atoms with E-state index in [1.54, 1.807) is 25.1 Å². The highest BCUT2D eigenvalue weighted by Gasteiger charge is 2.31. The van der Waals surface area contributed by atoms with E-state index in [9.17, 15) is 18.0 Å². The van der Waals surface area contributed by atoms with Crippen molar-refractivity contribution in [1.82, 2.24) is 10.2 Å². The molecule has 0 fully saturated rings. The van der Waals surface area contributed by atoms with Gasteiger partial charge < -0.3 is 15.0 Å². The summed E-state index contributed by atoms with van der Waals surface area (Å²) in [5.74, 6) is -0.452. The first kappa shape index (κ1) is 28.2. The average Bonchev–Trinajstić information content (AvgIpc) is 2.80. The first-order valence-electron chi connectivity index (χ1n) is 11.6. The number of nitrogens with zero attached hydrogens (tertiary/aromatic N) is 2. The summed E-state index contributed by atoms with van der Waals surface area (Å²) in [7, 11) is -2.39. The molecular weight excluding hydrogens is 466 g/mol. The minimum Gasteiger partial charge on any atom is -0.495 e. The topological polar surface area (TPSA) is 96.0 Å². The largest absolute Gasteiger partial charge is 0.495 e. The molecule has 0 aliphatic rings. The van der Waals surface area contributed by atoms with Crippen molar-refractivity contribution in [3.8, 4) is 5.75 Å². The monoisotopic (exact) mass is 503 g/mol. The Kier molecular flexibility index (Phi) is 9.71. The molecule has 0 aromatic heterocycles. The maximum atomic E-state index is 13.6. The van der Waals surface area contributed by atoms with Crippen molar-refractivity contribution in [1.29, 1.82) is 0 Å². The van der Waals surface area contributed by atoms with Gasteiger partial charge in [0, 0.05) is 12.6 Å². The van der Waals surface area contributed by atoms with Gasteiger partial charge in [-0.1, -0.05) is 42.8 Å². The second kappa shape index (κ2) is 12.1. The summed E-state index contributed by atoms with van der Waals surface area (Å²) in [6.07, 6.45) is 1.80. The lowest BCUT2D eigenvalue weighted by Gasteiger charge is -2.32. The molecule has 2 aromatic rings. The molecule has 0 aliphatic heterocycles. The molecule has 9 heteroatoms. The number of hydrogen-bond acceptors (Lipinski definition) is 5. The van der Waals surface area contributed by atoms with Gasteiger partial charge in [-0.15, -0.1) is 0 Å². The molecule has 192 valence electrons. The lowest BCUT2D eigenvalue weighted by Crippen LogP contribution is -2.52. The second-order valence-corrected chi connectivity index (χ2v) is 10.9. The number of ether oxygens (including phenoxy) is 1. The predicted molar refractivity (Wildman–Crippen MR) is 139 cm³/mol. The van der Waals surface area contributed by atoms with Gasteiger partial charge in [-0.2, -0.15) is 0 Å². The number of carbonyl (C=O) groups excluding carboxylic acids is 2. The summed E-state index contributed by atoms with van der Waals surface area (Å²) in [5, 5.41) is 2.92. The molecule has 35 heavy (non-hydrogen) atoms. The number of amides is 2. The molecule has 0 radical (unpaired) electrons.